The van der Waals surface area contributed by atoms with Gasteiger partial charge in [-0.3, -0.25) is 14.7 Å². The number of carbonyl (C=O) groups excluding carboxylic acids is 1. The molecule has 1 aliphatic rings. The summed E-state index contributed by atoms with van der Waals surface area (Å²) < 4.78 is 12.8. The summed E-state index contributed by atoms with van der Waals surface area (Å²) in [5, 5.41) is 3.27. The average Bonchev–Trinajstić information content (AvgIpc) is 2.63. The molecule has 1 atom stereocenters. The zero-order chi connectivity index (χ0) is 17.6. The van der Waals surface area contributed by atoms with E-state index in [1.165, 1.54) is 17.8 Å². The minimum Gasteiger partial charge on any atom is -0.379 e. The molecule has 5 nitrogen and oxygen atoms in total. The van der Waals surface area contributed by atoms with Crippen LogP contribution in [0.4, 0.5) is 10.1 Å². The fraction of sp³-hybridized carbons (Fsp3) is 0.368. The van der Waals surface area contributed by atoms with Gasteiger partial charge in [0, 0.05) is 18.8 Å². The molecule has 2 aromatic rings. The van der Waals surface area contributed by atoms with Crippen LogP contribution in [-0.2, 0) is 17.9 Å². The van der Waals surface area contributed by atoms with Gasteiger partial charge in [0.15, 0.2) is 0 Å². The molecule has 0 aliphatic carbocycles. The van der Waals surface area contributed by atoms with Gasteiger partial charge in [-0.1, -0.05) is 12.1 Å². The first-order chi connectivity index (χ1) is 12.1. The van der Waals surface area contributed by atoms with E-state index in [4.69, 9.17) is 5.73 Å². The van der Waals surface area contributed by atoms with Gasteiger partial charge >= 0.3 is 0 Å². The Hall–Kier alpha value is -2.47. The van der Waals surface area contributed by atoms with Crippen molar-refractivity contribution in [2.75, 3.05) is 18.4 Å². The number of carbonyl (C=O) groups is 1. The Morgan fingerprint density at radius 2 is 2.08 bits per heavy atom. The molecular formula is C19H23FN4O. The minimum absolute atomic E-state index is 0.0297. The maximum atomic E-state index is 12.8. The predicted octanol–water partition coefficient (Wildman–Crippen LogP) is 2.53. The maximum Gasteiger partial charge on any atom is 0.221 e. The topological polar surface area (TPSA) is 71.2 Å². The van der Waals surface area contributed by atoms with Crippen LogP contribution in [0.5, 0.6) is 0 Å². The number of amides is 1. The molecule has 0 spiro atoms. The highest BCUT2D eigenvalue weighted by Gasteiger charge is 2.23. The van der Waals surface area contributed by atoms with Crippen LogP contribution >= 0.6 is 0 Å². The number of benzene rings is 1. The van der Waals surface area contributed by atoms with Gasteiger partial charge in [0.1, 0.15) is 5.82 Å². The second kappa shape index (κ2) is 8.07. The van der Waals surface area contributed by atoms with Crippen LogP contribution in [0.15, 0.2) is 42.6 Å². The van der Waals surface area contributed by atoms with Crippen LogP contribution in [0.3, 0.4) is 0 Å². The lowest BCUT2D eigenvalue weighted by molar-refractivity contribution is -0.123. The molecule has 3 rings (SSSR count). The number of likely N-dealkylation sites (tertiary alicyclic amines) is 1. The standard InChI is InChI=1S/C19H23FN4O/c20-16-5-8-18(22-10-16)11-23-17-6-3-14(4-7-17)12-24-9-1-2-15(13-24)19(21)25/h3-8,10,15,23H,1-2,9,11-13H2,(H2,21,25). The number of pyridine rings is 1. The van der Waals surface area contributed by atoms with Gasteiger partial charge < -0.3 is 11.1 Å². The fourth-order valence-corrected chi connectivity index (χ4v) is 3.12. The molecule has 3 N–H and O–H groups in total. The maximum absolute atomic E-state index is 12.8. The normalized spacial score (nSPS) is 18.0. The number of primary amides is 1. The van der Waals surface area contributed by atoms with E-state index in [1.54, 1.807) is 6.07 Å². The van der Waals surface area contributed by atoms with E-state index in [2.05, 4.69) is 27.3 Å². The second-order valence-electron chi connectivity index (χ2n) is 6.49. The van der Waals surface area contributed by atoms with Crippen molar-refractivity contribution in [1.29, 1.82) is 0 Å². The summed E-state index contributed by atoms with van der Waals surface area (Å²) in [5.41, 5.74) is 8.41. The fourth-order valence-electron chi connectivity index (χ4n) is 3.12. The molecule has 132 valence electrons. The van der Waals surface area contributed by atoms with E-state index in [9.17, 15) is 9.18 Å². The van der Waals surface area contributed by atoms with Gasteiger partial charge in [-0.15, -0.1) is 0 Å². The summed E-state index contributed by atoms with van der Waals surface area (Å²) >= 11 is 0. The summed E-state index contributed by atoms with van der Waals surface area (Å²) in [6.45, 7) is 3.11. The zero-order valence-electron chi connectivity index (χ0n) is 14.1. The molecule has 25 heavy (non-hydrogen) atoms. The summed E-state index contributed by atoms with van der Waals surface area (Å²) in [6.07, 6.45) is 3.13. The van der Waals surface area contributed by atoms with E-state index >= 15 is 0 Å². The molecule has 0 bridgehead atoms. The Kier molecular flexibility index (Phi) is 5.60. The summed E-state index contributed by atoms with van der Waals surface area (Å²) in [5.74, 6) is -0.555. The molecule has 1 aromatic carbocycles. The number of piperidine rings is 1. The average molecular weight is 342 g/mol. The largest absolute Gasteiger partial charge is 0.379 e. The molecule has 6 heteroatoms. The van der Waals surface area contributed by atoms with Gasteiger partial charge in [0.25, 0.3) is 0 Å². The Morgan fingerprint density at radius 3 is 2.76 bits per heavy atom. The van der Waals surface area contributed by atoms with E-state index in [0.29, 0.717) is 6.54 Å². The van der Waals surface area contributed by atoms with Crippen molar-refractivity contribution in [1.82, 2.24) is 9.88 Å². The molecule has 2 heterocycles. The number of hydrogen-bond donors (Lipinski definition) is 2. The second-order valence-corrected chi connectivity index (χ2v) is 6.49. The van der Waals surface area contributed by atoms with Crippen LogP contribution in [0.1, 0.15) is 24.1 Å². The number of hydrogen-bond acceptors (Lipinski definition) is 4. The monoisotopic (exact) mass is 342 g/mol. The third kappa shape index (κ3) is 5.00. The number of halogens is 1. The first-order valence-electron chi connectivity index (χ1n) is 8.55. The van der Waals surface area contributed by atoms with Gasteiger partial charge in [0.2, 0.25) is 5.91 Å². The highest BCUT2D eigenvalue weighted by atomic mass is 19.1. The van der Waals surface area contributed by atoms with E-state index in [0.717, 1.165) is 43.9 Å². The SMILES string of the molecule is NC(=O)C1CCCN(Cc2ccc(NCc3ccc(F)cn3)cc2)C1. The first-order valence-corrected chi connectivity index (χ1v) is 8.55. The number of nitrogens with two attached hydrogens (primary N) is 1. The molecule has 1 aliphatic heterocycles. The van der Waals surface area contributed by atoms with Crippen molar-refractivity contribution in [3.63, 3.8) is 0 Å². The van der Waals surface area contributed by atoms with E-state index < -0.39 is 0 Å². The number of aromatic nitrogens is 1. The van der Waals surface area contributed by atoms with Crippen molar-refractivity contribution >= 4 is 11.6 Å². The van der Waals surface area contributed by atoms with Crippen molar-refractivity contribution in [2.24, 2.45) is 11.7 Å². The predicted molar refractivity (Wildman–Crippen MR) is 95.2 cm³/mol. The Bertz CT molecular complexity index is 702. The highest BCUT2D eigenvalue weighted by Crippen LogP contribution is 2.19. The summed E-state index contributed by atoms with van der Waals surface area (Å²) in [4.78, 5) is 17.7. The molecule has 1 aromatic heterocycles. The smallest absolute Gasteiger partial charge is 0.221 e. The van der Waals surface area contributed by atoms with Crippen LogP contribution in [-0.4, -0.2) is 28.9 Å². The highest BCUT2D eigenvalue weighted by molar-refractivity contribution is 5.76. The molecular weight excluding hydrogens is 319 g/mol. The number of nitrogens with one attached hydrogen (secondary N) is 1. The molecule has 0 saturated carbocycles. The van der Waals surface area contributed by atoms with Gasteiger partial charge in [-0.2, -0.15) is 0 Å². The quantitative estimate of drug-likeness (QED) is 0.846. The first kappa shape index (κ1) is 17.4. The Balaban J connectivity index is 1.51. The van der Waals surface area contributed by atoms with Crippen LogP contribution in [0.2, 0.25) is 0 Å². The number of nitrogens with zero attached hydrogens (tertiary/aromatic N) is 2. The third-order valence-electron chi connectivity index (χ3n) is 4.53. The van der Waals surface area contributed by atoms with Gasteiger partial charge in [-0.25, -0.2) is 4.39 Å². The van der Waals surface area contributed by atoms with Gasteiger partial charge in [-0.05, 0) is 49.2 Å². The van der Waals surface area contributed by atoms with Crippen molar-refractivity contribution < 1.29 is 9.18 Å². The van der Waals surface area contributed by atoms with E-state index in [-0.39, 0.29) is 17.6 Å². The van der Waals surface area contributed by atoms with Crippen molar-refractivity contribution in [2.45, 2.75) is 25.9 Å². The molecule has 1 fully saturated rings. The molecule has 1 unspecified atom stereocenters. The summed E-state index contributed by atoms with van der Waals surface area (Å²) in [6, 6.07) is 11.3. The molecule has 0 radical (unpaired) electrons. The Labute approximate surface area is 147 Å². The minimum atomic E-state index is -0.329. The van der Waals surface area contributed by atoms with Crippen molar-refractivity contribution in [3.05, 3.63) is 59.7 Å². The molecule has 1 saturated heterocycles. The zero-order valence-corrected chi connectivity index (χ0v) is 14.1. The van der Waals surface area contributed by atoms with Crippen LogP contribution in [0, 0.1) is 11.7 Å². The van der Waals surface area contributed by atoms with E-state index in [1.807, 2.05) is 12.1 Å². The van der Waals surface area contributed by atoms with Crippen LogP contribution < -0.4 is 11.1 Å². The number of rotatable bonds is 6. The lowest BCUT2D eigenvalue weighted by Gasteiger charge is -2.31. The van der Waals surface area contributed by atoms with Gasteiger partial charge in [0.05, 0.1) is 24.4 Å². The van der Waals surface area contributed by atoms with Crippen molar-refractivity contribution in [3.8, 4) is 0 Å². The number of anilines is 1. The lowest BCUT2D eigenvalue weighted by Crippen LogP contribution is -2.40. The lowest BCUT2D eigenvalue weighted by atomic mass is 9.97. The third-order valence-corrected chi connectivity index (χ3v) is 4.53. The summed E-state index contributed by atoms with van der Waals surface area (Å²) in [7, 11) is 0. The van der Waals surface area contributed by atoms with Crippen LogP contribution in [0.25, 0.3) is 0 Å². The molecule has 1 amide bonds. The Morgan fingerprint density at radius 1 is 1.28 bits per heavy atom.